The van der Waals surface area contributed by atoms with E-state index >= 15 is 0 Å². The molecule has 10 nitrogen and oxygen atoms in total. The maximum Gasteiger partial charge on any atom is 2.00 e. The maximum absolute atomic E-state index is 9.00. The van der Waals surface area contributed by atoms with E-state index in [9.17, 15) is 0 Å². The van der Waals surface area contributed by atoms with Gasteiger partial charge in [-0.2, -0.15) is 0 Å². The molecule has 0 saturated carbocycles. The molecule has 0 spiro atoms. The third kappa shape index (κ3) is 12500. The fourth-order valence-electron chi connectivity index (χ4n) is 0. The Hall–Kier alpha value is 0.457. The van der Waals surface area contributed by atoms with Crippen molar-refractivity contribution < 1.29 is 83.9 Å². The molecule has 0 rings (SSSR count). The molecule has 0 aliphatic rings. The van der Waals surface area contributed by atoms with Crippen LogP contribution in [0.15, 0.2) is 0 Å². The van der Waals surface area contributed by atoms with Crippen LogP contribution in [0.1, 0.15) is 6.92 Å². The molecule has 1 N–H and O–H groups in total. The minimum absolute atomic E-state index is 0. The number of aliphatic carboxylic acids is 1. The quantitative estimate of drug-likeness (QED) is 0.263. The predicted octanol–water partition coefficient (Wildman–Crippen LogP) is -2.59. The first-order valence-corrected chi connectivity index (χ1v) is 4.93. The molecule has 0 aromatic rings. The van der Waals surface area contributed by atoms with Gasteiger partial charge in [0.05, 0.1) is 0 Å². The van der Waals surface area contributed by atoms with Gasteiger partial charge in [-0.1, -0.05) is 0 Å². The summed E-state index contributed by atoms with van der Waals surface area (Å²) in [6, 6.07) is 0. The first-order valence-electron chi connectivity index (χ1n) is 2.26. The molecule has 0 atom stereocenters. The number of hydrogen-bond donors (Lipinski definition) is 1. The van der Waals surface area contributed by atoms with Crippen LogP contribution < -0.4 is 0 Å². The Balaban J connectivity index is -0.0000000358. The number of carbonyl (C=O) groups is 1. The average Bonchev–Trinajstić information content (AvgIpc) is 1.45. The van der Waals surface area contributed by atoms with Crippen LogP contribution in [0.2, 0.25) is 0 Å². The van der Waals surface area contributed by atoms with Gasteiger partial charge in [0.1, 0.15) is 0 Å². The van der Waals surface area contributed by atoms with Crippen molar-refractivity contribution in [2.45, 2.75) is 6.92 Å². The maximum atomic E-state index is 9.00. The number of hydrogen-bond acceptors (Lipinski definition) is 9. The SMILES string of the molecule is CC(=O)O.O=S(=O)([O-])[O-].O=S(=O)([O-])[O-].[Zn+2].[Zn+2]. The molecule has 0 aromatic heterocycles. The van der Waals surface area contributed by atoms with Gasteiger partial charge in [0.2, 0.25) is 0 Å². The summed E-state index contributed by atoms with van der Waals surface area (Å²) < 4.78 is 68.2. The molecule has 0 amide bonds. The zero-order valence-electron chi connectivity index (χ0n) is 7.85. The summed E-state index contributed by atoms with van der Waals surface area (Å²) in [6.07, 6.45) is 0. The van der Waals surface area contributed by atoms with Crippen LogP contribution in [-0.2, 0) is 64.5 Å². The Morgan fingerprint density at radius 1 is 0.875 bits per heavy atom. The van der Waals surface area contributed by atoms with Crippen LogP contribution in [0, 0.1) is 0 Å². The van der Waals surface area contributed by atoms with Gasteiger partial charge in [-0.05, 0) is 0 Å². The molecular formula is C2H4O10S2Zn2. The zero-order chi connectivity index (χ0) is 12.6. The molecule has 0 bridgehead atoms. The fraction of sp³-hybridized carbons (Fsp3) is 0.500. The molecule has 0 unspecified atom stereocenters. The van der Waals surface area contributed by atoms with E-state index in [1.54, 1.807) is 0 Å². The van der Waals surface area contributed by atoms with Gasteiger partial charge in [0, 0.05) is 27.7 Å². The van der Waals surface area contributed by atoms with Crippen LogP contribution >= 0.6 is 0 Å². The average molecular weight is 383 g/mol. The Bertz CT molecular complexity index is 291. The van der Waals surface area contributed by atoms with Crippen molar-refractivity contribution in [1.82, 2.24) is 0 Å². The van der Waals surface area contributed by atoms with E-state index < -0.39 is 26.8 Å². The minimum Gasteiger partial charge on any atom is -0.759 e. The number of carboxylic acid groups (broad SMARTS) is 1. The second-order valence-corrected chi connectivity index (χ2v) is 2.97. The van der Waals surface area contributed by atoms with Crippen molar-refractivity contribution in [3.05, 3.63) is 0 Å². The predicted molar refractivity (Wildman–Crippen MR) is 34.3 cm³/mol. The molecule has 0 saturated heterocycles. The monoisotopic (exact) mass is 380 g/mol. The normalized spacial score (nSPS) is 8.81. The van der Waals surface area contributed by atoms with Crippen LogP contribution in [0.25, 0.3) is 0 Å². The van der Waals surface area contributed by atoms with Gasteiger partial charge in [-0.15, -0.1) is 0 Å². The van der Waals surface area contributed by atoms with Gasteiger partial charge < -0.3 is 23.3 Å². The summed E-state index contributed by atoms with van der Waals surface area (Å²) in [7, 11) is -10.3. The summed E-state index contributed by atoms with van der Waals surface area (Å²) >= 11 is 0. The van der Waals surface area contributed by atoms with Crippen LogP contribution in [0.5, 0.6) is 0 Å². The zero-order valence-corrected chi connectivity index (χ0v) is 15.4. The van der Waals surface area contributed by atoms with E-state index in [0.29, 0.717) is 0 Å². The van der Waals surface area contributed by atoms with Gasteiger partial charge in [0.25, 0.3) is 5.97 Å². The van der Waals surface area contributed by atoms with E-state index in [1.165, 1.54) is 0 Å². The molecule has 0 heterocycles. The van der Waals surface area contributed by atoms with E-state index in [4.69, 9.17) is 44.9 Å². The largest absolute Gasteiger partial charge is 2.00 e. The smallest absolute Gasteiger partial charge is 0.759 e. The van der Waals surface area contributed by atoms with Gasteiger partial charge in [-0.3, -0.25) is 21.6 Å². The molecule has 0 aliphatic carbocycles. The summed E-state index contributed by atoms with van der Waals surface area (Å²) in [6.45, 7) is 1.08. The fourth-order valence-corrected chi connectivity index (χ4v) is 0. The van der Waals surface area contributed by atoms with E-state index in [0.717, 1.165) is 6.92 Å². The molecule has 88 valence electrons. The molecule has 14 heteroatoms. The third-order valence-electron chi connectivity index (χ3n) is 0. The first kappa shape index (κ1) is 30.0. The van der Waals surface area contributed by atoms with E-state index in [-0.39, 0.29) is 39.0 Å². The molecule has 16 heavy (non-hydrogen) atoms. The van der Waals surface area contributed by atoms with Crippen LogP contribution in [0.4, 0.5) is 0 Å². The standard InChI is InChI=1S/C2H4O2.2H2O4S.2Zn/c1-2(3)4;2*1-5(2,3)4;;/h1H3,(H,3,4);2*(H2,1,2,3,4);;/q;;;2*+2/p-4. The summed E-state index contributed by atoms with van der Waals surface area (Å²) in [5.41, 5.74) is 0. The van der Waals surface area contributed by atoms with Crippen molar-refractivity contribution in [1.29, 1.82) is 0 Å². The topological polar surface area (TPSA) is 198 Å². The Morgan fingerprint density at radius 2 is 0.875 bits per heavy atom. The van der Waals surface area contributed by atoms with Gasteiger partial charge in [0.15, 0.2) is 0 Å². The molecule has 0 fully saturated rings. The molecule has 0 aliphatic heterocycles. The summed E-state index contributed by atoms with van der Waals surface area (Å²) in [4.78, 5) is 9.00. The molecule has 0 radical (unpaired) electrons. The van der Waals surface area contributed by atoms with Crippen LogP contribution in [0.3, 0.4) is 0 Å². The molecular weight excluding hydrogens is 379 g/mol. The van der Waals surface area contributed by atoms with Gasteiger partial charge in [-0.25, -0.2) is 0 Å². The second kappa shape index (κ2) is 13.5. The Kier molecular flexibility index (Phi) is 25.3. The van der Waals surface area contributed by atoms with Crippen LogP contribution in [-0.4, -0.2) is 46.1 Å². The number of rotatable bonds is 0. The van der Waals surface area contributed by atoms with E-state index in [2.05, 4.69) is 0 Å². The van der Waals surface area contributed by atoms with Crippen molar-refractivity contribution in [3.63, 3.8) is 0 Å². The van der Waals surface area contributed by atoms with Gasteiger partial charge >= 0.3 is 39.0 Å². The number of carboxylic acids is 1. The summed E-state index contributed by atoms with van der Waals surface area (Å²) in [5, 5.41) is 7.42. The molecule has 0 aromatic carbocycles. The summed E-state index contributed by atoms with van der Waals surface area (Å²) in [5.74, 6) is -0.833. The van der Waals surface area contributed by atoms with Crippen molar-refractivity contribution in [3.8, 4) is 0 Å². The van der Waals surface area contributed by atoms with E-state index in [1.807, 2.05) is 0 Å². The Labute approximate surface area is 117 Å². The third-order valence-corrected chi connectivity index (χ3v) is 0. The van der Waals surface area contributed by atoms with Crippen molar-refractivity contribution in [2.75, 3.05) is 0 Å². The first-order chi connectivity index (χ1) is 5.73. The van der Waals surface area contributed by atoms with Crippen molar-refractivity contribution in [2.24, 2.45) is 0 Å². The Morgan fingerprint density at radius 3 is 0.875 bits per heavy atom. The van der Waals surface area contributed by atoms with Crippen molar-refractivity contribution >= 4 is 26.8 Å². The second-order valence-electron chi connectivity index (χ2n) is 1.34. The minimum atomic E-state index is -5.17.